The van der Waals surface area contributed by atoms with Gasteiger partial charge in [0, 0.05) is 12.6 Å². The van der Waals surface area contributed by atoms with E-state index in [0.29, 0.717) is 17.4 Å². The number of sulfonamides is 1. The molecule has 110 valence electrons. The van der Waals surface area contributed by atoms with Gasteiger partial charge in [-0.3, -0.25) is 0 Å². The van der Waals surface area contributed by atoms with Crippen LogP contribution < -0.4 is 4.74 Å². The van der Waals surface area contributed by atoms with E-state index in [1.165, 1.54) is 12.8 Å². The number of nitrogens with zero attached hydrogens (tertiary/aromatic N) is 1. The SMILES string of the molecule is COc1ccc(S(=O)(=O)N2CCCC2C2CC2)cc1C. The molecular weight excluding hydrogens is 274 g/mol. The molecular formula is C15H21NO3S. The van der Waals surface area contributed by atoms with Gasteiger partial charge in [-0.25, -0.2) is 8.42 Å². The van der Waals surface area contributed by atoms with Crippen LogP contribution in [-0.2, 0) is 10.0 Å². The fourth-order valence-electron chi connectivity index (χ4n) is 3.16. The molecule has 1 heterocycles. The normalized spacial score (nSPS) is 24.0. The molecule has 1 saturated carbocycles. The van der Waals surface area contributed by atoms with Crippen molar-refractivity contribution >= 4 is 10.0 Å². The summed E-state index contributed by atoms with van der Waals surface area (Å²) in [5, 5.41) is 0. The predicted octanol–water partition coefficient (Wildman–Crippen LogP) is 2.57. The summed E-state index contributed by atoms with van der Waals surface area (Å²) in [6, 6.07) is 5.34. The average molecular weight is 295 g/mol. The second-order valence-corrected chi connectivity index (χ2v) is 7.68. The molecule has 0 aromatic heterocycles. The van der Waals surface area contributed by atoms with E-state index in [1.54, 1.807) is 29.6 Å². The van der Waals surface area contributed by atoms with Crippen LogP contribution in [0.25, 0.3) is 0 Å². The highest BCUT2D eigenvalue weighted by Crippen LogP contribution is 2.42. The maximum absolute atomic E-state index is 12.8. The van der Waals surface area contributed by atoms with Crippen LogP contribution in [0.1, 0.15) is 31.2 Å². The summed E-state index contributed by atoms with van der Waals surface area (Å²) in [7, 11) is -1.77. The molecule has 1 unspecified atom stereocenters. The lowest BCUT2D eigenvalue weighted by atomic mass is 10.1. The summed E-state index contributed by atoms with van der Waals surface area (Å²) in [4.78, 5) is 0.392. The van der Waals surface area contributed by atoms with Crippen LogP contribution >= 0.6 is 0 Å². The Kier molecular flexibility index (Phi) is 3.50. The molecule has 0 radical (unpaired) electrons. The Balaban J connectivity index is 1.93. The molecule has 0 spiro atoms. The maximum atomic E-state index is 12.8. The van der Waals surface area contributed by atoms with E-state index < -0.39 is 10.0 Å². The van der Waals surface area contributed by atoms with Crippen molar-refractivity contribution in [1.29, 1.82) is 0 Å². The zero-order valence-electron chi connectivity index (χ0n) is 12.0. The molecule has 5 heteroatoms. The van der Waals surface area contributed by atoms with Crippen molar-refractivity contribution in [2.45, 2.75) is 43.5 Å². The van der Waals surface area contributed by atoms with Gasteiger partial charge in [-0.15, -0.1) is 0 Å². The van der Waals surface area contributed by atoms with Gasteiger partial charge in [0.25, 0.3) is 0 Å². The number of benzene rings is 1. The van der Waals surface area contributed by atoms with Crippen LogP contribution in [0.3, 0.4) is 0 Å². The Morgan fingerprint density at radius 2 is 2.00 bits per heavy atom. The zero-order valence-corrected chi connectivity index (χ0v) is 12.8. The highest BCUT2D eigenvalue weighted by molar-refractivity contribution is 7.89. The van der Waals surface area contributed by atoms with E-state index in [1.807, 2.05) is 6.92 Å². The van der Waals surface area contributed by atoms with Gasteiger partial charge >= 0.3 is 0 Å². The minimum Gasteiger partial charge on any atom is -0.496 e. The van der Waals surface area contributed by atoms with Crippen LogP contribution in [0.5, 0.6) is 5.75 Å². The maximum Gasteiger partial charge on any atom is 0.243 e. The van der Waals surface area contributed by atoms with Crippen LogP contribution in [-0.4, -0.2) is 32.4 Å². The van der Waals surface area contributed by atoms with Crippen molar-refractivity contribution in [3.63, 3.8) is 0 Å². The molecule has 0 amide bonds. The molecule has 3 rings (SSSR count). The molecule has 1 aromatic rings. The van der Waals surface area contributed by atoms with Crippen LogP contribution in [0, 0.1) is 12.8 Å². The predicted molar refractivity (Wildman–Crippen MR) is 77.4 cm³/mol. The third-order valence-corrected chi connectivity index (χ3v) is 6.31. The van der Waals surface area contributed by atoms with Gasteiger partial charge in [-0.05, 0) is 62.3 Å². The number of ether oxygens (including phenoxy) is 1. The summed E-state index contributed by atoms with van der Waals surface area (Å²) >= 11 is 0. The van der Waals surface area contributed by atoms with E-state index in [4.69, 9.17) is 4.74 Å². The zero-order chi connectivity index (χ0) is 14.3. The van der Waals surface area contributed by atoms with Gasteiger partial charge in [0.15, 0.2) is 0 Å². The van der Waals surface area contributed by atoms with E-state index in [0.717, 1.165) is 24.2 Å². The van der Waals surface area contributed by atoms with Gasteiger partial charge in [0.05, 0.1) is 12.0 Å². The van der Waals surface area contributed by atoms with Gasteiger partial charge < -0.3 is 4.74 Å². The van der Waals surface area contributed by atoms with Crippen molar-refractivity contribution in [2.75, 3.05) is 13.7 Å². The van der Waals surface area contributed by atoms with Crippen molar-refractivity contribution in [3.05, 3.63) is 23.8 Å². The smallest absolute Gasteiger partial charge is 0.243 e. The monoisotopic (exact) mass is 295 g/mol. The van der Waals surface area contributed by atoms with E-state index >= 15 is 0 Å². The Bertz CT molecular complexity index is 608. The first-order valence-corrected chi connectivity index (χ1v) is 8.64. The van der Waals surface area contributed by atoms with Crippen LogP contribution in [0.15, 0.2) is 23.1 Å². The Labute approximate surface area is 120 Å². The molecule has 1 aliphatic heterocycles. The third-order valence-electron chi connectivity index (χ3n) is 4.39. The van der Waals surface area contributed by atoms with Crippen LogP contribution in [0.2, 0.25) is 0 Å². The summed E-state index contributed by atoms with van der Waals surface area (Å²) in [6.07, 6.45) is 4.35. The van der Waals surface area contributed by atoms with E-state index in [9.17, 15) is 8.42 Å². The topological polar surface area (TPSA) is 46.6 Å². The fourth-order valence-corrected chi connectivity index (χ4v) is 5.00. The Hall–Kier alpha value is -1.07. The Morgan fingerprint density at radius 1 is 1.25 bits per heavy atom. The quantitative estimate of drug-likeness (QED) is 0.857. The molecule has 4 nitrogen and oxygen atoms in total. The second-order valence-electron chi connectivity index (χ2n) is 5.79. The minimum absolute atomic E-state index is 0.224. The number of aryl methyl sites for hydroxylation is 1. The summed E-state index contributed by atoms with van der Waals surface area (Å²) in [6.45, 7) is 2.54. The minimum atomic E-state index is -3.36. The summed E-state index contributed by atoms with van der Waals surface area (Å²) in [5.74, 6) is 1.32. The lowest BCUT2D eigenvalue weighted by Gasteiger charge is -2.24. The molecule has 2 aliphatic rings. The molecule has 1 atom stereocenters. The number of hydrogen-bond donors (Lipinski definition) is 0. The Morgan fingerprint density at radius 3 is 2.60 bits per heavy atom. The molecule has 1 aromatic carbocycles. The highest BCUT2D eigenvalue weighted by Gasteiger charge is 2.43. The van der Waals surface area contributed by atoms with Gasteiger partial charge in [-0.1, -0.05) is 0 Å². The molecule has 0 bridgehead atoms. The largest absolute Gasteiger partial charge is 0.496 e. The van der Waals surface area contributed by atoms with E-state index in [2.05, 4.69) is 0 Å². The number of rotatable bonds is 4. The standard InChI is InChI=1S/C15H21NO3S/c1-11-10-13(7-8-15(11)19-2)20(17,18)16-9-3-4-14(16)12-5-6-12/h7-8,10,12,14H,3-6,9H2,1-2H3. The van der Waals surface area contributed by atoms with Crippen molar-refractivity contribution in [2.24, 2.45) is 5.92 Å². The number of methoxy groups -OCH3 is 1. The molecule has 2 fully saturated rings. The average Bonchev–Trinajstić information content (AvgIpc) is 3.15. The third kappa shape index (κ3) is 2.33. The first-order chi connectivity index (χ1) is 9.54. The van der Waals surface area contributed by atoms with E-state index in [-0.39, 0.29) is 6.04 Å². The summed E-state index contributed by atoms with van der Waals surface area (Å²) in [5.41, 5.74) is 0.857. The van der Waals surface area contributed by atoms with Crippen molar-refractivity contribution < 1.29 is 13.2 Å². The lowest BCUT2D eigenvalue weighted by molar-refractivity contribution is 0.356. The second kappa shape index (κ2) is 5.04. The van der Waals surface area contributed by atoms with Gasteiger partial charge in [0.2, 0.25) is 10.0 Å². The van der Waals surface area contributed by atoms with Gasteiger partial charge in [-0.2, -0.15) is 4.31 Å². The molecule has 1 aliphatic carbocycles. The molecule has 1 saturated heterocycles. The highest BCUT2D eigenvalue weighted by atomic mass is 32.2. The van der Waals surface area contributed by atoms with Gasteiger partial charge in [0.1, 0.15) is 5.75 Å². The lowest BCUT2D eigenvalue weighted by Crippen LogP contribution is -2.36. The molecule has 0 N–H and O–H groups in total. The first kappa shape index (κ1) is 13.9. The number of hydrogen-bond acceptors (Lipinski definition) is 3. The first-order valence-electron chi connectivity index (χ1n) is 7.20. The van der Waals surface area contributed by atoms with Crippen molar-refractivity contribution in [3.8, 4) is 5.75 Å². The van der Waals surface area contributed by atoms with Crippen molar-refractivity contribution in [1.82, 2.24) is 4.31 Å². The molecule has 20 heavy (non-hydrogen) atoms. The fraction of sp³-hybridized carbons (Fsp3) is 0.600. The van der Waals surface area contributed by atoms with Crippen LogP contribution in [0.4, 0.5) is 0 Å². The summed E-state index contributed by atoms with van der Waals surface area (Å²) < 4.78 is 32.6.